The van der Waals surface area contributed by atoms with E-state index < -0.39 is 22.5 Å². The molecule has 180 valence electrons. The van der Waals surface area contributed by atoms with E-state index in [1.54, 1.807) is 37.4 Å². The number of para-hydroxylation sites is 1. The number of anilines is 1. The summed E-state index contributed by atoms with van der Waals surface area (Å²) in [7, 11) is -1.02. The number of nitrogens with zero attached hydrogens (tertiary/aromatic N) is 1. The van der Waals surface area contributed by atoms with E-state index in [0.717, 1.165) is 15.6 Å². The van der Waals surface area contributed by atoms with Crippen LogP contribution in [-0.4, -0.2) is 41.6 Å². The maximum absolute atomic E-state index is 13.5. The average Bonchev–Trinajstić information content (AvgIpc) is 2.85. The summed E-state index contributed by atoms with van der Waals surface area (Å²) in [6, 6.07) is 20.2. The summed E-state index contributed by atoms with van der Waals surface area (Å²) in [5, 5.41) is 3.13. The second-order valence-corrected chi connectivity index (χ2v) is 9.71. The monoisotopic (exact) mass is 502 g/mol. The highest BCUT2D eigenvalue weighted by Gasteiger charge is 2.29. The molecule has 0 aromatic heterocycles. The summed E-state index contributed by atoms with van der Waals surface area (Å²) >= 11 is 6.15. The predicted molar refractivity (Wildman–Crippen MR) is 133 cm³/mol. The molecule has 0 fully saturated rings. The molecular formula is C25H27ClN2O5S. The Morgan fingerprint density at radius 2 is 1.62 bits per heavy atom. The van der Waals surface area contributed by atoms with Crippen molar-refractivity contribution in [2.24, 2.45) is 0 Å². The van der Waals surface area contributed by atoms with Crippen molar-refractivity contribution in [1.82, 2.24) is 5.32 Å². The van der Waals surface area contributed by atoms with E-state index in [1.165, 1.54) is 25.3 Å². The van der Waals surface area contributed by atoms with Gasteiger partial charge in [-0.25, -0.2) is 8.42 Å². The van der Waals surface area contributed by atoms with Gasteiger partial charge in [0.05, 0.1) is 24.8 Å². The van der Waals surface area contributed by atoms with E-state index in [-0.39, 0.29) is 16.3 Å². The fraction of sp³-hybridized carbons (Fsp3) is 0.240. The number of halogens is 1. The number of benzene rings is 3. The summed E-state index contributed by atoms with van der Waals surface area (Å²) in [5.41, 5.74) is 1.22. The third-order valence-electron chi connectivity index (χ3n) is 5.17. The molecule has 0 aliphatic carbocycles. The zero-order valence-electron chi connectivity index (χ0n) is 19.0. The minimum Gasteiger partial charge on any atom is -0.496 e. The number of nitrogens with one attached hydrogen (secondary N) is 1. The van der Waals surface area contributed by atoms with Crippen molar-refractivity contribution >= 4 is 33.2 Å². The largest absolute Gasteiger partial charge is 0.496 e. The number of hydrogen-bond acceptors (Lipinski definition) is 5. The molecule has 3 aromatic carbocycles. The second kappa shape index (κ2) is 11.8. The lowest BCUT2D eigenvalue weighted by atomic mass is 10.1. The van der Waals surface area contributed by atoms with E-state index in [0.29, 0.717) is 24.4 Å². The number of methoxy groups -OCH3 is 2. The fourth-order valence-electron chi connectivity index (χ4n) is 3.48. The lowest BCUT2D eigenvalue weighted by Gasteiger charge is -2.26. The van der Waals surface area contributed by atoms with Crippen LogP contribution in [0, 0.1) is 0 Å². The van der Waals surface area contributed by atoms with Gasteiger partial charge < -0.3 is 14.8 Å². The first-order valence-corrected chi connectivity index (χ1v) is 12.5. The highest BCUT2D eigenvalue weighted by Crippen LogP contribution is 2.34. The van der Waals surface area contributed by atoms with Crippen LogP contribution in [0.4, 0.5) is 5.69 Å². The minimum atomic E-state index is -4.06. The first-order chi connectivity index (χ1) is 16.4. The maximum Gasteiger partial charge on any atom is 0.264 e. The molecule has 0 spiro atoms. The smallest absolute Gasteiger partial charge is 0.264 e. The lowest BCUT2D eigenvalue weighted by Crippen LogP contribution is -2.41. The van der Waals surface area contributed by atoms with Gasteiger partial charge in [-0.3, -0.25) is 9.10 Å². The molecule has 0 aliphatic heterocycles. The van der Waals surface area contributed by atoms with Gasteiger partial charge in [0.1, 0.15) is 18.0 Å². The molecule has 0 saturated carbocycles. The highest BCUT2D eigenvalue weighted by molar-refractivity contribution is 7.92. The summed E-state index contributed by atoms with van der Waals surface area (Å²) in [4.78, 5) is 12.9. The van der Waals surface area contributed by atoms with Crippen LogP contribution in [0.2, 0.25) is 5.02 Å². The molecule has 0 bridgehead atoms. The van der Waals surface area contributed by atoms with Crippen LogP contribution in [0.1, 0.15) is 12.0 Å². The van der Waals surface area contributed by atoms with Crippen molar-refractivity contribution in [3.8, 4) is 11.5 Å². The normalized spacial score (nSPS) is 11.0. The van der Waals surface area contributed by atoms with Gasteiger partial charge in [-0.2, -0.15) is 0 Å². The molecule has 9 heteroatoms. The molecule has 0 heterocycles. The Morgan fingerprint density at radius 3 is 2.32 bits per heavy atom. The van der Waals surface area contributed by atoms with Crippen molar-refractivity contribution in [3.05, 3.63) is 83.4 Å². The number of ether oxygens (including phenoxy) is 2. The molecule has 7 nitrogen and oxygen atoms in total. The highest BCUT2D eigenvalue weighted by atomic mass is 35.5. The summed E-state index contributed by atoms with van der Waals surface area (Å²) in [6.07, 6.45) is 1.37. The standard InChI is InChI=1S/C25H27ClN2O5S/c1-32-23-13-7-6-9-19(23)10-8-16-27-25(29)18-28(22-17-20(26)14-15-24(22)33-2)34(30,31)21-11-4-3-5-12-21/h3-7,9,11-15,17H,8,10,16,18H2,1-2H3,(H,27,29). The molecule has 0 atom stereocenters. The second-order valence-electron chi connectivity index (χ2n) is 7.41. The van der Waals surface area contributed by atoms with Crippen LogP contribution in [0.3, 0.4) is 0 Å². The molecule has 3 aromatic rings. The van der Waals surface area contributed by atoms with Crippen molar-refractivity contribution in [2.45, 2.75) is 17.7 Å². The number of sulfonamides is 1. The Balaban J connectivity index is 1.77. The lowest BCUT2D eigenvalue weighted by molar-refractivity contribution is -0.119. The van der Waals surface area contributed by atoms with Gasteiger partial charge >= 0.3 is 0 Å². The van der Waals surface area contributed by atoms with Crippen LogP contribution in [0.5, 0.6) is 11.5 Å². The quantitative estimate of drug-likeness (QED) is 0.395. The first-order valence-electron chi connectivity index (χ1n) is 10.7. The molecule has 0 saturated heterocycles. The number of carbonyl (C=O) groups is 1. The summed E-state index contributed by atoms with van der Waals surface area (Å²) in [5.74, 6) is 0.636. The SMILES string of the molecule is COc1ccccc1CCCNC(=O)CN(c1cc(Cl)ccc1OC)S(=O)(=O)c1ccccc1. The molecule has 1 amide bonds. The number of carbonyl (C=O) groups excluding carboxylic acids is 1. The van der Waals surface area contributed by atoms with Gasteiger partial charge in [0, 0.05) is 11.6 Å². The minimum absolute atomic E-state index is 0.0565. The van der Waals surface area contributed by atoms with Crippen molar-refractivity contribution in [1.29, 1.82) is 0 Å². The number of amides is 1. The zero-order chi connectivity index (χ0) is 24.6. The van der Waals surface area contributed by atoms with Crippen molar-refractivity contribution in [2.75, 3.05) is 31.6 Å². The Labute approximate surface area is 205 Å². The summed E-state index contributed by atoms with van der Waals surface area (Å²) < 4.78 is 38.7. The van der Waals surface area contributed by atoms with E-state index in [1.807, 2.05) is 24.3 Å². The van der Waals surface area contributed by atoms with Crippen LogP contribution < -0.4 is 19.1 Å². The molecule has 1 N–H and O–H groups in total. The van der Waals surface area contributed by atoms with E-state index >= 15 is 0 Å². The summed E-state index contributed by atoms with van der Waals surface area (Å²) in [6.45, 7) is -0.0502. The third-order valence-corrected chi connectivity index (χ3v) is 7.17. The molecule has 0 aliphatic rings. The van der Waals surface area contributed by atoms with E-state index in [4.69, 9.17) is 21.1 Å². The molecule has 0 radical (unpaired) electrons. The number of aryl methyl sites for hydroxylation is 1. The van der Waals surface area contributed by atoms with E-state index in [9.17, 15) is 13.2 Å². The van der Waals surface area contributed by atoms with Crippen LogP contribution in [0.15, 0.2) is 77.7 Å². The third kappa shape index (κ3) is 6.21. The molecular weight excluding hydrogens is 476 g/mol. The Morgan fingerprint density at radius 1 is 0.941 bits per heavy atom. The van der Waals surface area contributed by atoms with Crippen LogP contribution in [-0.2, 0) is 21.2 Å². The number of rotatable bonds is 11. The fourth-order valence-corrected chi connectivity index (χ4v) is 5.09. The number of hydrogen-bond donors (Lipinski definition) is 1. The molecule has 0 unspecified atom stereocenters. The maximum atomic E-state index is 13.5. The average molecular weight is 503 g/mol. The van der Waals surface area contributed by atoms with Gasteiger partial charge in [0.15, 0.2) is 0 Å². The predicted octanol–water partition coefficient (Wildman–Crippen LogP) is 4.30. The van der Waals surface area contributed by atoms with Gasteiger partial charge in [-0.15, -0.1) is 0 Å². The molecule has 3 rings (SSSR count). The van der Waals surface area contributed by atoms with E-state index in [2.05, 4.69) is 5.32 Å². The van der Waals surface area contributed by atoms with Gasteiger partial charge in [0.2, 0.25) is 5.91 Å². The topological polar surface area (TPSA) is 84.9 Å². The van der Waals surface area contributed by atoms with Crippen LogP contribution in [0.25, 0.3) is 0 Å². The zero-order valence-corrected chi connectivity index (χ0v) is 20.6. The van der Waals surface area contributed by atoms with Crippen molar-refractivity contribution in [3.63, 3.8) is 0 Å². The van der Waals surface area contributed by atoms with Crippen molar-refractivity contribution < 1.29 is 22.7 Å². The Bertz CT molecular complexity index is 1220. The molecule has 34 heavy (non-hydrogen) atoms. The van der Waals surface area contributed by atoms with Gasteiger partial charge in [-0.05, 0) is 54.8 Å². The Hall–Kier alpha value is -3.23. The first kappa shape index (κ1) is 25.4. The van der Waals surface area contributed by atoms with Gasteiger partial charge in [0.25, 0.3) is 10.0 Å². The van der Waals surface area contributed by atoms with Crippen LogP contribution >= 0.6 is 11.6 Å². The van der Waals surface area contributed by atoms with Gasteiger partial charge in [-0.1, -0.05) is 48.0 Å². The Kier molecular flexibility index (Phi) is 8.79.